The molecule has 2 aromatic rings. The molecule has 0 aliphatic carbocycles. The average Bonchev–Trinajstić information content (AvgIpc) is 2.57. The lowest BCUT2D eigenvalue weighted by Gasteiger charge is -2.20. The fraction of sp³-hybridized carbons (Fsp3) is 0.364. The zero-order chi connectivity index (χ0) is 12.6. The summed E-state index contributed by atoms with van der Waals surface area (Å²) in [6.45, 7) is 1.61. The molecule has 2 rings (SSSR count). The molecule has 0 unspecified atom stereocenters. The largest absolute Gasteiger partial charge is 0.460 e. The monoisotopic (exact) mass is 252 g/mol. The number of nitrogens with zero attached hydrogens (tertiary/aromatic N) is 2. The zero-order valence-electron chi connectivity index (χ0n) is 10.1. The van der Waals surface area contributed by atoms with Crippen LogP contribution < -0.4 is 21.1 Å². The molecule has 5 nitrogen and oxygen atoms in total. The molecule has 0 amide bonds. The number of fused-ring (bicyclic) bond motifs is 1. The summed E-state index contributed by atoms with van der Waals surface area (Å²) in [6.07, 6.45) is 0. The maximum absolute atomic E-state index is 5.60. The molecule has 1 heterocycles. The van der Waals surface area contributed by atoms with Gasteiger partial charge in [-0.25, -0.2) is 4.98 Å². The second-order valence-corrected chi connectivity index (χ2v) is 5.32. The Morgan fingerprint density at radius 1 is 1.35 bits per heavy atom. The lowest BCUT2D eigenvalue weighted by molar-refractivity contribution is 0.104. The van der Waals surface area contributed by atoms with E-state index in [-0.39, 0.29) is 0 Å². The van der Waals surface area contributed by atoms with Gasteiger partial charge in [-0.15, -0.1) is 0 Å². The van der Waals surface area contributed by atoms with Crippen molar-refractivity contribution in [3.8, 4) is 5.75 Å². The van der Waals surface area contributed by atoms with Crippen molar-refractivity contribution in [1.29, 1.82) is 0 Å². The topological polar surface area (TPSA) is 77.4 Å². The van der Waals surface area contributed by atoms with Gasteiger partial charge in [0.05, 0.1) is 10.2 Å². The SMILES string of the molecule is CN(C)c1nc2ccc(OC(C)(N)N)cc2s1. The van der Waals surface area contributed by atoms with E-state index in [0.717, 1.165) is 15.3 Å². The molecule has 92 valence electrons. The quantitative estimate of drug-likeness (QED) is 0.806. The van der Waals surface area contributed by atoms with Crippen LogP contribution in [-0.2, 0) is 0 Å². The Morgan fingerprint density at radius 2 is 2.06 bits per heavy atom. The number of ether oxygens (including phenoxy) is 1. The van der Waals surface area contributed by atoms with E-state index in [1.54, 1.807) is 18.3 Å². The van der Waals surface area contributed by atoms with Gasteiger partial charge in [-0.1, -0.05) is 11.3 Å². The van der Waals surface area contributed by atoms with Crippen LogP contribution in [0.1, 0.15) is 6.92 Å². The second-order valence-electron chi connectivity index (χ2n) is 4.31. The summed E-state index contributed by atoms with van der Waals surface area (Å²) >= 11 is 1.60. The smallest absolute Gasteiger partial charge is 0.209 e. The molecule has 0 spiro atoms. The molecule has 0 bridgehead atoms. The summed E-state index contributed by atoms with van der Waals surface area (Å²) in [4.78, 5) is 6.45. The minimum Gasteiger partial charge on any atom is -0.460 e. The molecule has 0 atom stereocenters. The number of rotatable bonds is 3. The van der Waals surface area contributed by atoms with Crippen molar-refractivity contribution in [2.45, 2.75) is 12.8 Å². The Kier molecular flexibility index (Phi) is 2.94. The Labute approximate surface area is 104 Å². The third kappa shape index (κ3) is 2.85. The number of anilines is 1. The molecule has 17 heavy (non-hydrogen) atoms. The van der Waals surface area contributed by atoms with Crippen LogP contribution >= 0.6 is 11.3 Å². The van der Waals surface area contributed by atoms with Crippen molar-refractivity contribution in [3.05, 3.63) is 18.2 Å². The molecule has 0 aliphatic heterocycles. The Hall–Kier alpha value is -1.37. The highest BCUT2D eigenvalue weighted by Crippen LogP contribution is 2.30. The summed E-state index contributed by atoms with van der Waals surface area (Å²) in [6, 6.07) is 5.62. The lowest BCUT2D eigenvalue weighted by Crippen LogP contribution is -2.51. The number of hydrogen-bond acceptors (Lipinski definition) is 6. The van der Waals surface area contributed by atoms with Crippen LogP contribution in [0, 0.1) is 0 Å². The number of benzene rings is 1. The van der Waals surface area contributed by atoms with Crippen LogP contribution in [0.4, 0.5) is 5.13 Å². The molecule has 0 saturated carbocycles. The van der Waals surface area contributed by atoms with Gasteiger partial charge in [0.1, 0.15) is 5.75 Å². The maximum atomic E-state index is 5.60. The van der Waals surface area contributed by atoms with Crippen molar-refractivity contribution in [3.63, 3.8) is 0 Å². The number of hydrogen-bond donors (Lipinski definition) is 2. The molecule has 6 heteroatoms. The summed E-state index contributed by atoms with van der Waals surface area (Å²) in [5.74, 6) is -0.512. The molecule has 0 saturated heterocycles. The number of aromatic nitrogens is 1. The van der Waals surface area contributed by atoms with Crippen LogP contribution in [0.15, 0.2) is 18.2 Å². The first-order valence-corrected chi connectivity index (χ1v) is 6.01. The molecule has 0 fully saturated rings. The first-order valence-electron chi connectivity index (χ1n) is 5.20. The Balaban J connectivity index is 2.37. The second kappa shape index (κ2) is 4.14. The van der Waals surface area contributed by atoms with Crippen LogP contribution in [-0.4, -0.2) is 24.9 Å². The molecule has 1 aromatic carbocycles. The van der Waals surface area contributed by atoms with Gasteiger partial charge in [-0.05, 0) is 18.2 Å². The molecular formula is C11H16N4OS. The van der Waals surface area contributed by atoms with Crippen molar-refractivity contribution < 1.29 is 4.74 Å². The van der Waals surface area contributed by atoms with Gasteiger partial charge in [0, 0.05) is 21.0 Å². The Morgan fingerprint density at radius 3 is 2.65 bits per heavy atom. The highest BCUT2D eigenvalue weighted by Gasteiger charge is 2.14. The highest BCUT2D eigenvalue weighted by atomic mass is 32.1. The first-order chi connectivity index (χ1) is 7.85. The van der Waals surface area contributed by atoms with Gasteiger partial charge in [0.15, 0.2) is 5.13 Å². The van der Waals surface area contributed by atoms with Crippen molar-refractivity contribution >= 4 is 26.7 Å². The van der Waals surface area contributed by atoms with E-state index in [4.69, 9.17) is 16.2 Å². The minimum atomic E-state index is -1.16. The fourth-order valence-corrected chi connectivity index (χ4v) is 2.32. The minimum absolute atomic E-state index is 0.652. The van der Waals surface area contributed by atoms with Gasteiger partial charge in [0.25, 0.3) is 0 Å². The third-order valence-electron chi connectivity index (χ3n) is 2.07. The van der Waals surface area contributed by atoms with E-state index in [9.17, 15) is 0 Å². The van der Waals surface area contributed by atoms with E-state index in [2.05, 4.69) is 4.98 Å². The van der Waals surface area contributed by atoms with E-state index in [1.807, 2.05) is 37.2 Å². The molecule has 0 radical (unpaired) electrons. The van der Waals surface area contributed by atoms with E-state index in [0.29, 0.717) is 5.75 Å². The summed E-state index contributed by atoms with van der Waals surface area (Å²) in [5, 5.41) is 0.959. The van der Waals surface area contributed by atoms with Crippen molar-refractivity contribution in [1.82, 2.24) is 4.98 Å². The predicted molar refractivity (Wildman–Crippen MR) is 71.4 cm³/mol. The van der Waals surface area contributed by atoms with Gasteiger partial charge < -0.3 is 9.64 Å². The van der Waals surface area contributed by atoms with Gasteiger partial charge in [-0.2, -0.15) is 0 Å². The molecule has 1 aromatic heterocycles. The van der Waals surface area contributed by atoms with Gasteiger partial charge >= 0.3 is 0 Å². The van der Waals surface area contributed by atoms with Crippen LogP contribution in [0.2, 0.25) is 0 Å². The third-order valence-corrected chi connectivity index (χ3v) is 3.25. The van der Waals surface area contributed by atoms with Crippen LogP contribution in [0.25, 0.3) is 10.2 Å². The van der Waals surface area contributed by atoms with Gasteiger partial charge in [-0.3, -0.25) is 11.5 Å². The maximum Gasteiger partial charge on any atom is 0.209 e. The Bertz CT molecular complexity index is 530. The van der Waals surface area contributed by atoms with Crippen molar-refractivity contribution in [2.24, 2.45) is 11.5 Å². The van der Waals surface area contributed by atoms with Crippen LogP contribution in [0.3, 0.4) is 0 Å². The number of nitrogens with two attached hydrogens (primary N) is 2. The molecule has 4 N–H and O–H groups in total. The van der Waals surface area contributed by atoms with E-state index >= 15 is 0 Å². The van der Waals surface area contributed by atoms with E-state index in [1.165, 1.54) is 0 Å². The standard InChI is InChI=1S/C11H16N4OS/c1-11(12,13)16-7-4-5-8-9(6-7)17-10(14-8)15(2)3/h4-6H,12-13H2,1-3H3. The zero-order valence-corrected chi connectivity index (χ0v) is 10.9. The van der Waals surface area contributed by atoms with Crippen molar-refractivity contribution in [2.75, 3.05) is 19.0 Å². The normalized spacial score (nSPS) is 11.8. The molecular weight excluding hydrogens is 236 g/mol. The predicted octanol–water partition coefficient (Wildman–Crippen LogP) is 1.33. The number of thiazole rings is 1. The average molecular weight is 252 g/mol. The lowest BCUT2D eigenvalue weighted by atomic mass is 10.3. The van der Waals surface area contributed by atoms with Gasteiger partial charge in [0.2, 0.25) is 5.85 Å². The first kappa shape index (κ1) is 12.1. The van der Waals surface area contributed by atoms with E-state index < -0.39 is 5.85 Å². The highest BCUT2D eigenvalue weighted by molar-refractivity contribution is 7.22. The fourth-order valence-electron chi connectivity index (χ4n) is 1.40. The summed E-state index contributed by atoms with van der Waals surface area (Å²) in [5.41, 5.74) is 12.1. The summed E-state index contributed by atoms with van der Waals surface area (Å²) in [7, 11) is 3.93. The molecule has 0 aliphatic rings. The summed E-state index contributed by atoms with van der Waals surface area (Å²) < 4.78 is 6.45. The van der Waals surface area contributed by atoms with Crippen LogP contribution in [0.5, 0.6) is 5.75 Å².